The summed E-state index contributed by atoms with van der Waals surface area (Å²) in [6.07, 6.45) is 2.24. The van der Waals surface area contributed by atoms with Crippen molar-refractivity contribution in [2.75, 3.05) is 6.54 Å². The monoisotopic (exact) mass is 388 g/mol. The van der Waals surface area contributed by atoms with Gasteiger partial charge < -0.3 is 16.0 Å². The molecule has 7 nitrogen and oxygen atoms in total. The zero-order chi connectivity index (χ0) is 19.9. The number of imide groups is 1. The molecule has 1 unspecified atom stereocenters. The van der Waals surface area contributed by atoms with Gasteiger partial charge in [-0.25, -0.2) is 4.39 Å². The molecular weight excluding hydrogens is 363 g/mol. The van der Waals surface area contributed by atoms with E-state index in [4.69, 9.17) is 5.73 Å². The molecule has 1 saturated carbocycles. The van der Waals surface area contributed by atoms with Crippen LogP contribution in [-0.2, 0) is 22.7 Å². The number of halogens is 1. The van der Waals surface area contributed by atoms with E-state index in [1.807, 2.05) is 18.2 Å². The Morgan fingerprint density at radius 1 is 1.29 bits per heavy atom. The molecule has 3 atom stereocenters. The number of carbonyl (C=O) groups excluding carboxylic acids is 3. The molecule has 1 aromatic carbocycles. The lowest BCUT2D eigenvalue weighted by Gasteiger charge is -2.29. The Labute approximate surface area is 162 Å². The molecule has 1 aromatic rings. The highest BCUT2D eigenvalue weighted by atomic mass is 19.1. The predicted molar refractivity (Wildman–Crippen MR) is 99.9 cm³/mol. The second kappa shape index (κ2) is 7.25. The summed E-state index contributed by atoms with van der Waals surface area (Å²) in [4.78, 5) is 37.8. The van der Waals surface area contributed by atoms with Gasteiger partial charge in [-0.2, -0.15) is 0 Å². The van der Waals surface area contributed by atoms with Crippen molar-refractivity contribution in [1.29, 1.82) is 0 Å². The number of hydrogen-bond acceptors (Lipinski definition) is 5. The third-order valence-corrected chi connectivity index (χ3v) is 6.11. The Kier molecular flexibility index (Phi) is 4.93. The molecule has 0 bridgehead atoms. The second-order valence-corrected chi connectivity index (χ2v) is 8.07. The fourth-order valence-corrected chi connectivity index (χ4v) is 4.41. The largest absolute Gasteiger partial charge is 0.328 e. The van der Waals surface area contributed by atoms with E-state index in [0.717, 1.165) is 17.5 Å². The van der Waals surface area contributed by atoms with E-state index in [1.54, 1.807) is 4.90 Å². The molecule has 0 radical (unpaired) electrons. The Morgan fingerprint density at radius 2 is 2.11 bits per heavy atom. The van der Waals surface area contributed by atoms with Gasteiger partial charge in [0.2, 0.25) is 11.8 Å². The average molecular weight is 388 g/mol. The Hall–Kier alpha value is -2.32. The number of nitrogens with two attached hydrogens (primary N) is 1. The summed E-state index contributed by atoms with van der Waals surface area (Å²) >= 11 is 0. The van der Waals surface area contributed by atoms with Gasteiger partial charge in [-0.05, 0) is 42.9 Å². The SMILES string of the molecule is NC[C@@]1(F)CC[C@@H](NCc2ccc3c(c2)C(=O)N(C2CCC(=O)NC2=O)C3)C1. The summed E-state index contributed by atoms with van der Waals surface area (Å²) in [5.74, 6) is -0.883. The van der Waals surface area contributed by atoms with Gasteiger partial charge in [0.25, 0.3) is 5.91 Å². The first-order valence-corrected chi connectivity index (χ1v) is 9.77. The number of benzene rings is 1. The minimum absolute atomic E-state index is 0.0503. The molecule has 28 heavy (non-hydrogen) atoms. The predicted octanol–water partition coefficient (Wildman–Crippen LogP) is 0.757. The summed E-state index contributed by atoms with van der Waals surface area (Å²) in [7, 11) is 0. The van der Waals surface area contributed by atoms with E-state index in [2.05, 4.69) is 10.6 Å². The lowest BCUT2D eigenvalue weighted by molar-refractivity contribution is -0.136. The number of nitrogens with zero attached hydrogens (tertiary/aromatic N) is 1. The van der Waals surface area contributed by atoms with Crippen molar-refractivity contribution in [2.45, 2.75) is 62.9 Å². The van der Waals surface area contributed by atoms with Crippen molar-refractivity contribution in [1.82, 2.24) is 15.5 Å². The van der Waals surface area contributed by atoms with Crippen molar-refractivity contribution in [2.24, 2.45) is 5.73 Å². The molecule has 150 valence electrons. The first-order valence-electron chi connectivity index (χ1n) is 9.77. The molecular formula is C20H25FN4O3. The summed E-state index contributed by atoms with van der Waals surface area (Å²) in [6.45, 7) is 0.969. The van der Waals surface area contributed by atoms with E-state index < -0.39 is 17.6 Å². The maximum atomic E-state index is 14.3. The van der Waals surface area contributed by atoms with Crippen LogP contribution in [0.25, 0.3) is 0 Å². The van der Waals surface area contributed by atoms with Gasteiger partial charge in [-0.15, -0.1) is 0 Å². The van der Waals surface area contributed by atoms with Crippen LogP contribution in [0.4, 0.5) is 4.39 Å². The van der Waals surface area contributed by atoms with Gasteiger partial charge in [0.1, 0.15) is 11.7 Å². The number of amides is 3. The minimum Gasteiger partial charge on any atom is -0.328 e. The van der Waals surface area contributed by atoms with Crippen molar-refractivity contribution in [3.05, 3.63) is 34.9 Å². The van der Waals surface area contributed by atoms with Gasteiger partial charge >= 0.3 is 0 Å². The van der Waals surface area contributed by atoms with Crippen LogP contribution >= 0.6 is 0 Å². The quantitative estimate of drug-likeness (QED) is 0.646. The number of hydrogen-bond donors (Lipinski definition) is 3. The van der Waals surface area contributed by atoms with E-state index in [0.29, 0.717) is 37.9 Å². The maximum Gasteiger partial charge on any atom is 0.255 e. The van der Waals surface area contributed by atoms with Crippen LogP contribution in [0.3, 0.4) is 0 Å². The fraction of sp³-hybridized carbons (Fsp3) is 0.550. The van der Waals surface area contributed by atoms with E-state index in [1.165, 1.54) is 0 Å². The number of carbonyl (C=O) groups is 3. The molecule has 3 aliphatic rings. The van der Waals surface area contributed by atoms with Gasteiger partial charge in [0.05, 0.1) is 0 Å². The minimum atomic E-state index is -1.27. The van der Waals surface area contributed by atoms with E-state index >= 15 is 0 Å². The fourth-order valence-electron chi connectivity index (χ4n) is 4.41. The number of nitrogens with one attached hydrogen (secondary N) is 2. The highest BCUT2D eigenvalue weighted by Gasteiger charge is 2.40. The van der Waals surface area contributed by atoms with Crippen molar-refractivity contribution in [3.8, 4) is 0 Å². The molecule has 4 N–H and O–H groups in total. The number of fused-ring (bicyclic) bond motifs is 1. The standard InChI is InChI=1S/C20H25FN4O3/c21-20(11-22)6-5-14(8-20)23-9-12-1-2-13-10-25(19(28)15(13)7-12)16-3-4-17(26)24-18(16)27/h1-2,7,14,16,23H,3-6,8-11,22H2,(H,24,26,27)/t14-,16?,20-/m1/s1. The normalized spacial score (nSPS) is 29.9. The lowest BCUT2D eigenvalue weighted by atomic mass is 10.0. The second-order valence-electron chi connectivity index (χ2n) is 8.07. The Balaban J connectivity index is 1.40. The first kappa shape index (κ1) is 19.0. The van der Waals surface area contributed by atoms with Crippen LogP contribution in [0.1, 0.15) is 53.6 Å². The summed E-state index contributed by atoms with van der Waals surface area (Å²) in [5, 5.41) is 5.66. The van der Waals surface area contributed by atoms with Crippen LogP contribution in [0.5, 0.6) is 0 Å². The Bertz CT molecular complexity index is 830. The van der Waals surface area contributed by atoms with E-state index in [-0.39, 0.29) is 30.8 Å². The first-order chi connectivity index (χ1) is 13.4. The molecule has 3 amide bonds. The van der Waals surface area contributed by atoms with Gasteiger partial charge in [0.15, 0.2) is 0 Å². The molecule has 2 heterocycles. The maximum absolute atomic E-state index is 14.3. The van der Waals surface area contributed by atoms with Crippen LogP contribution in [0, 0.1) is 0 Å². The summed E-state index contributed by atoms with van der Waals surface area (Å²) in [5.41, 5.74) is 6.66. The van der Waals surface area contributed by atoms with Crippen molar-refractivity contribution in [3.63, 3.8) is 0 Å². The van der Waals surface area contributed by atoms with Crippen LogP contribution in [0.15, 0.2) is 18.2 Å². The molecule has 8 heteroatoms. The zero-order valence-corrected chi connectivity index (χ0v) is 15.7. The van der Waals surface area contributed by atoms with Gasteiger partial charge in [-0.3, -0.25) is 19.7 Å². The van der Waals surface area contributed by atoms with E-state index in [9.17, 15) is 18.8 Å². The number of rotatable bonds is 5. The van der Waals surface area contributed by atoms with Crippen molar-refractivity contribution >= 4 is 17.7 Å². The summed E-state index contributed by atoms with van der Waals surface area (Å²) in [6, 6.07) is 5.18. The zero-order valence-electron chi connectivity index (χ0n) is 15.7. The van der Waals surface area contributed by atoms with Crippen LogP contribution in [0.2, 0.25) is 0 Å². The third-order valence-electron chi connectivity index (χ3n) is 6.11. The topological polar surface area (TPSA) is 105 Å². The number of piperidine rings is 1. The molecule has 1 aliphatic carbocycles. The highest BCUT2D eigenvalue weighted by molar-refractivity contribution is 6.05. The molecule has 2 aliphatic heterocycles. The third kappa shape index (κ3) is 3.54. The lowest BCUT2D eigenvalue weighted by Crippen LogP contribution is -2.52. The molecule has 0 aromatic heterocycles. The molecule has 4 rings (SSSR count). The van der Waals surface area contributed by atoms with Gasteiger partial charge in [0, 0.05) is 37.7 Å². The van der Waals surface area contributed by atoms with Crippen molar-refractivity contribution < 1.29 is 18.8 Å². The molecule has 0 spiro atoms. The van der Waals surface area contributed by atoms with Gasteiger partial charge in [-0.1, -0.05) is 12.1 Å². The summed E-state index contributed by atoms with van der Waals surface area (Å²) < 4.78 is 14.3. The average Bonchev–Trinajstić information content (AvgIpc) is 3.21. The number of alkyl halides is 1. The Morgan fingerprint density at radius 3 is 2.82 bits per heavy atom. The van der Waals surface area contributed by atoms with Crippen LogP contribution in [-0.4, -0.2) is 46.9 Å². The highest BCUT2D eigenvalue weighted by Crippen LogP contribution is 2.33. The molecule has 1 saturated heterocycles. The molecule has 2 fully saturated rings. The smallest absolute Gasteiger partial charge is 0.255 e. The van der Waals surface area contributed by atoms with Crippen LogP contribution < -0.4 is 16.4 Å².